The van der Waals surface area contributed by atoms with Gasteiger partial charge in [0.1, 0.15) is 10.8 Å². The van der Waals surface area contributed by atoms with Crippen LogP contribution < -0.4 is 10.5 Å². The van der Waals surface area contributed by atoms with Crippen molar-refractivity contribution in [2.75, 3.05) is 7.11 Å². The minimum Gasteiger partial charge on any atom is -0.496 e. The number of nitrogens with two attached hydrogens (primary N) is 1. The van der Waals surface area contributed by atoms with Crippen molar-refractivity contribution >= 4 is 28.4 Å². The zero-order valence-electron chi connectivity index (χ0n) is 15.4. The molecule has 0 radical (unpaired) electrons. The van der Waals surface area contributed by atoms with Crippen LogP contribution in [-0.2, 0) is 16.2 Å². The summed E-state index contributed by atoms with van der Waals surface area (Å²) in [5, 5.41) is 10.4. The number of methoxy groups -OCH3 is 1. The van der Waals surface area contributed by atoms with Gasteiger partial charge in [0.2, 0.25) is 11.1 Å². The number of aromatic nitrogens is 2. The Labute approximate surface area is 166 Å². The molecule has 1 aromatic heterocycles. The standard InChI is InChI=1S/C19H19N5O3S/c1-13(25)27-24(12-15-10-6-7-11-16(15)26-2)18(20)21-19-23-22-17(28-19)14-8-4-3-5-9-14/h3-11H,12H2,1-2H3,(H2,20,21,23). The molecule has 0 spiro atoms. The third-order valence-corrected chi connectivity index (χ3v) is 4.51. The van der Waals surface area contributed by atoms with Gasteiger partial charge in [-0.05, 0) is 6.07 Å². The number of nitrogens with zero attached hydrogens (tertiary/aromatic N) is 4. The molecule has 2 aromatic carbocycles. The summed E-state index contributed by atoms with van der Waals surface area (Å²) in [5.41, 5.74) is 7.80. The van der Waals surface area contributed by atoms with Crippen LogP contribution in [0.25, 0.3) is 10.6 Å². The van der Waals surface area contributed by atoms with E-state index in [1.807, 2.05) is 54.6 Å². The average molecular weight is 397 g/mol. The average Bonchev–Trinajstić information content (AvgIpc) is 3.16. The molecule has 144 valence electrons. The maximum absolute atomic E-state index is 11.5. The second-order valence-corrected chi connectivity index (χ2v) is 6.61. The summed E-state index contributed by atoms with van der Waals surface area (Å²) < 4.78 is 5.33. The van der Waals surface area contributed by atoms with E-state index >= 15 is 0 Å². The predicted octanol–water partition coefficient (Wildman–Crippen LogP) is 3.14. The largest absolute Gasteiger partial charge is 0.496 e. The number of guanidine groups is 1. The lowest BCUT2D eigenvalue weighted by molar-refractivity contribution is -0.172. The van der Waals surface area contributed by atoms with Gasteiger partial charge in [-0.25, -0.2) is 0 Å². The highest BCUT2D eigenvalue weighted by Gasteiger charge is 2.17. The van der Waals surface area contributed by atoms with Crippen LogP contribution in [0.1, 0.15) is 12.5 Å². The number of carbonyl (C=O) groups excluding carboxylic acids is 1. The highest BCUT2D eigenvalue weighted by Crippen LogP contribution is 2.28. The van der Waals surface area contributed by atoms with E-state index < -0.39 is 5.97 Å². The van der Waals surface area contributed by atoms with Gasteiger partial charge in [-0.1, -0.05) is 59.9 Å². The number of hydroxylamine groups is 2. The molecule has 0 aliphatic carbocycles. The second-order valence-electron chi connectivity index (χ2n) is 5.66. The molecule has 3 rings (SSSR count). The van der Waals surface area contributed by atoms with Crippen LogP contribution in [-0.4, -0.2) is 34.3 Å². The number of ether oxygens (including phenoxy) is 1. The molecule has 8 nitrogen and oxygen atoms in total. The van der Waals surface area contributed by atoms with Crippen molar-refractivity contribution in [1.82, 2.24) is 15.3 Å². The summed E-state index contributed by atoms with van der Waals surface area (Å²) in [5.74, 6) is 0.113. The monoisotopic (exact) mass is 397 g/mol. The van der Waals surface area contributed by atoms with E-state index in [2.05, 4.69) is 15.2 Å². The van der Waals surface area contributed by atoms with Crippen molar-refractivity contribution in [3.8, 4) is 16.3 Å². The SMILES string of the molecule is COc1ccccc1CN(OC(C)=O)/C(N)=N/c1nnc(-c2ccccc2)s1. The van der Waals surface area contributed by atoms with Crippen molar-refractivity contribution in [1.29, 1.82) is 0 Å². The highest BCUT2D eigenvalue weighted by molar-refractivity contribution is 7.18. The molecule has 28 heavy (non-hydrogen) atoms. The number of hydrogen-bond donors (Lipinski definition) is 1. The molecule has 2 N–H and O–H groups in total. The van der Waals surface area contributed by atoms with Crippen molar-refractivity contribution in [3.05, 3.63) is 60.2 Å². The second kappa shape index (κ2) is 8.96. The summed E-state index contributed by atoms with van der Waals surface area (Å²) in [6, 6.07) is 17.0. The van der Waals surface area contributed by atoms with Gasteiger partial charge >= 0.3 is 5.97 Å². The van der Waals surface area contributed by atoms with Gasteiger partial charge in [-0.15, -0.1) is 10.2 Å². The molecule has 0 saturated heterocycles. The highest BCUT2D eigenvalue weighted by atomic mass is 32.1. The lowest BCUT2D eigenvalue weighted by atomic mass is 10.2. The molecular weight excluding hydrogens is 378 g/mol. The zero-order chi connectivity index (χ0) is 19.9. The first-order valence-electron chi connectivity index (χ1n) is 8.38. The van der Waals surface area contributed by atoms with Crippen LogP contribution >= 0.6 is 11.3 Å². The smallest absolute Gasteiger partial charge is 0.329 e. The predicted molar refractivity (Wildman–Crippen MR) is 107 cm³/mol. The lowest BCUT2D eigenvalue weighted by Gasteiger charge is -2.21. The minimum atomic E-state index is -0.518. The van der Waals surface area contributed by atoms with Crippen molar-refractivity contribution in [2.45, 2.75) is 13.5 Å². The zero-order valence-corrected chi connectivity index (χ0v) is 16.2. The van der Waals surface area contributed by atoms with Crippen LogP contribution in [0.5, 0.6) is 5.75 Å². The quantitative estimate of drug-likeness (QED) is 0.401. The van der Waals surface area contributed by atoms with Crippen molar-refractivity contribution < 1.29 is 14.4 Å². The molecule has 0 aliphatic heterocycles. The molecule has 1 heterocycles. The molecule has 0 atom stereocenters. The van der Waals surface area contributed by atoms with Crippen molar-refractivity contribution in [2.24, 2.45) is 10.7 Å². The van der Waals surface area contributed by atoms with Crippen molar-refractivity contribution in [3.63, 3.8) is 0 Å². The van der Waals surface area contributed by atoms with Gasteiger partial charge in [0, 0.05) is 18.1 Å². The van der Waals surface area contributed by atoms with E-state index in [-0.39, 0.29) is 12.5 Å². The van der Waals surface area contributed by atoms with Gasteiger partial charge < -0.3 is 15.3 Å². The number of benzene rings is 2. The molecule has 3 aromatic rings. The Bertz CT molecular complexity index is 974. The van der Waals surface area contributed by atoms with E-state index in [9.17, 15) is 4.79 Å². The van der Waals surface area contributed by atoms with E-state index in [1.54, 1.807) is 7.11 Å². The molecular formula is C19H19N5O3S. The van der Waals surface area contributed by atoms with Crippen LogP contribution in [0.4, 0.5) is 5.13 Å². The summed E-state index contributed by atoms with van der Waals surface area (Å²) >= 11 is 1.28. The van der Waals surface area contributed by atoms with E-state index in [4.69, 9.17) is 15.3 Å². The summed E-state index contributed by atoms with van der Waals surface area (Å²) in [6.07, 6.45) is 0. The minimum absolute atomic E-state index is 0.0168. The molecule has 0 fully saturated rings. The fourth-order valence-corrected chi connectivity index (χ4v) is 3.14. The topological polar surface area (TPSA) is 103 Å². The Morgan fingerprint density at radius 2 is 1.86 bits per heavy atom. The first-order chi connectivity index (χ1) is 13.6. The lowest BCUT2D eigenvalue weighted by Crippen LogP contribution is -2.38. The summed E-state index contributed by atoms with van der Waals surface area (Å²) in [7, 11) is 1.57. The van der Waals surface area contributed by atoms with Gasteiger partial charge in [0.25, 0.3) is 0 Å². The van der Waals surface area contributed by atoms with E-state index in [1.165, 1.54) is 23.3 Å². The Kier molecular flexibility index (Phi) is 6.18. The van der Waals surface area contributed by atoms with Crippen LogP contribution in [0.2, 0.25) is 0 Å². The Balaban J connectivity index is 1.84. The number of aliphatic imine (C=N–C) groups is 1. The number of hydrogen-bond acceptors (Lipinski definition) is 7. The molecule has 0 bridgehead atoms. The van der Waals surface area contributed by atoms with Gasteiger partial charge in [0.05, 0.1) is 13.7 Å². The molecule has 0 aliphatic rings. The maximum Gasteiger partial charge on any atom is 0.329 e. The third kappa shape index (κ3) is 4.83. The number of para-hydroxylation sites is 1. The van der Waals surface area contributed by atoms with Crippen LogP contribution in [0, 0.1) is 0 Å². The molecule has 0 amide bonds. The molecule has 9 heteroatoms. The fraction of sp³-hybridized carbons (Fsp3) is 0.158. The fourth-order valence-electron chi connectivity index (χ4n) is 2.42. The summed E-state index contributed by atoms with van der Waals surface area (Å²) in [6.45, 7) is 1.46. The summed E-state index contributed by atoms with van der Waals surface area (Å²) in [4.78, 5) is 21.0. The Morgan fingerprint density at radius 3 is 2.57 bits per heavy atom. The number of carbonyl (C=O) groups is 1. The first-order valence-corrected chi connectivity index (χ1v) is 9.19. The normalized spacial score (nSPS) is 11.1. The Morgan fingerprint density at radius 1 is 1.14 bits per heavy atom. The van der Waals surface area contributed by atoms with E-state index in [0.29, 0.717) is 10.9 Å². The first kappa shape index (κ1) is 19.3. The maximum atomic E-state index is 11.5. The van der Waals surface area contributed by atoms with Gasteiger partial charge in [-0.2, -0.15) is 10.1 Å². The number of rotatable bonds is 5. The molecule has 0 unspecified atom stereocenters. The van der Waals surface area contributed by atoms with Crippen LogP contribution in [0.15, 0.2) is 59.6 Å². The van der Waals surface area contributed by atoms with E-state index in [0.717, 1.165) is 16.1 Å². The molecule has 0 saturated carbocycles. The van der Waals surface area contributed by atoms with Gasteiger partial charge in [0.15, 0.2) is 0 Å². The van der Waals surface area contributed by atoms with Gasteiger partial charge in [-0.3, -0.25) is 4.79 Å². The van der Waals surface area contributed by atoms with Crippen LogP contribution in [0.3, 0.4) is 0 Å². The third-order valence-electron chi connectivity index (χ3n) is 3.65. The Hall–Kier alpha value is -3.46.